The first-order chi connectivity index (χ1) is 14.1. The van der Waals surface area contributed by atoms with Crippen LogP contribution in [0.2, 0.25) is 0 Å². The maximum atomic E-state index is 13.9. The molecule has 0 bridgehead atoms. The maximum Gasteiger partial charge on any atom is 0.335 e. The predicted molar refractivity (Wildman–Crippen MR) is 108 cm³/mol. The molecule has 0 aliphatic heterocycles. The molecule has 0 aliphatic carbocycles. The van der Waals surface area contributed by atoms with Crippen molar-refractivity contribution < 1.29 is 23.8 Å². The highest BCUT2D eigenvalue weighted by atomic mass is 19.1. The second-order valence-corrected chi connectivity index (χ2v) is 6.01. The fourth-order valence-corrected chi connectivity index (χ4v) is 2.61. The number of benzene rings is 3. The van der Waals surface area contributed by atoms with Crippen LogP contribution in [-0.4, -0.2) is 24.4 Å². The van der Waals surface area contributed by atoms with Crippen LogP contribution in [0.25, 0.3) is 0 Å². The van der Waals surface area contributed by atoms with E-state index in [4.69, 9.17) is 14.6 Å². The molecular formula is C22H19FN2O4. The normalized spacial score (nSPS) is 10.7. The molecule has 3 aromatic carbocycles. The topological polar surface area (TPSA) is 80.2 Å². The lowest BCUT2D eigenvalue weighted by molar-refractivity contribution is 0.0697. The van der Waals surface area contributed by atoms with Crippen molar-refractivity contribution in [1.29, 1.82) is 0 Å². The van der Waals surface area contributed by atoms with Gasteiger partial charge in [0, 0.05) is 11.1 Å². The molecule has 0 unspecified atom stereocenters. The molecule has 0 saturated heterocycles. The Bertz CT molecular complexity index is 1040. The van der Waals surface area contributed by atoms with Crippen molar-refractivity contribution in [3.8, 4) is 11.5 Å². The van der Waals surface area contributed by atoms with Crippen LogP contribution >= 0.6 is 0 Å². The smallest absolute Gasteiger partial charge is 0.335 e. The van der Waals surface area contributed by atoms with Crippen molar-refractivity contribution in [2.45, 2.75) is 6.61 Å². The number of hydrazone groups is 1. The summed E-state index contributed by atoms with van der Waals surface area (Å²) < 4.78 is 25.0. The van der Waals surface area contributed by atoms with Crippen LogP contribution in [0.5, 0.6) is 11.5 Å². The van der Waals surface area contributed by atoms with Crippen LogP contribution in [0.4, 0.5) is 10.1 Å². The minimum Gasteiger partial charge on any atom is -0.493 e. The number of halogens is 1. The van der Waals surface area contributed by atoms with Gasteiger partial charge in [0.1, 0.15) is 12.4 Å². The highest BCUT2D eigenvalue weighted by Crippen LogP contribution is 2.31. The molecule has 7 heteroatoms. The van der Waals surface area contributed by atoms with Crippen LogP contribution in [0.15, 0.2) is 71.8 Å². The Hall–Kier alpha value is -3.87. The number of anilines is 1. The summed E-state index contributed by atoms with van der Waals surface area (Å²) >= 11 is 0. The molecule has 3 aromatic rings. The SMILES string of the molecule is COc1cccc(C=NNc2cccc(C(=O)O)c2)c1OCc1ccccc1F. The fraction of sp³-hybridized carbons (Fsp3) is 0.0909. The first-order valence-electron chi connectivity index (χ1n) is 8.74. The molecule has 0 heterocycles. The number of hydrogen-bond acceptors (Lipinski definition) is 5. The maximum absolute atomic E-state index is 13.9. The quantitative estimate of drug-likeness (QED) is 0.433. The highest BCUT2D eigenvalue weighted by Gasteiger charge is 2.11. The molecular weight excluding hydrogens is 375 g/mol. The van der Waals surface area contributed by atoms with Gasteiger partial charge in [-0.15, -0.1) is 0 Å². The van der Waals surface area contributed by atoms with Crippen LogP contribution in [0, 0.1) is 5.82 Å². The number of nitrogens with one attached hydrogen (secondary N) is 1. The van der Waals surface area contributed by atoms with Crippen molar-refractivity contribution in [3.63, 3.8) is 0 Å². The molecule has 0 atom stereocenters. The number of carboxylic acids is 1. The minimum absolute atomic E-state index is 0.0297. The van der Waals surface area contributed by atoms with E-state index >= 15 is 0 Å². The summed E-state index contributed by atoms with van der Waals surface area (Å²) in [5.74, 6) is -0.465. The summed E-state index contributed by atoms with van der Waals surface area (Å²) in [6.45, 7) is 0.0297. The van der Waals surface area contributed by atoms with Crippen molar-refractivity contribution in [2.24, 2.45) is 5.10 Å². The monoisotopic (exact) mass is 394 g/mol. The molecule has 0 radical (unpaired) electrons. The number of aromatic carboxylic acids is 1. The Morgan fingerprint density at radius 1 is 1.14 bits per heavy atom. The van der Waals surface area contributed by atoms with Crippen molar-refractivity contribution in [3.05, 3.63) is 89.2 Å². The van der Waals surface area contributed by atoms with Gasteiger partial charge in [0.15, 0.2) is 11.5 Å². The number of hydrogen-bond donors (Lipinski definition) is 2. The van der Waals surface area contributed by atoms with Gasteiger partial charge in [0.2, 0.25) is 0 Å². The molecule has 0 fully saturated rings. The third-order valence-electron chi connectivity index (χ3n) is 4.07. The Labute approximate surface area is 167 Å². The lowest BCUT2D eigenvalue weighted by atomic mass is 10.2. The van der Waals surface area contributed by atoms with Crippen molar-refractivity contribution in [1.82, 2.24) is 0 Å². The van der Waals surface area contributed by atoms with E-state index in [1.165, 1.54) is 31.5 Å². The van der Waals surface area contributed by atoms with E-state index in [2.05, 4.69) is 10.5 Å². The summed E-state index contributed by atoms with van der Waals surface area (Å²) in [4.78, 5) is 11.1. The summed E-state index contributed by atoms with van der Waals surface area (Å²) in [6.07, 6.45) is 1.52. The number of carbonyl (C=O) groups is 1. The summed E-state index contributed by atoms with van der Waals surface area (Å²) in [5.41, 5.74) is 4.50. The number of rotatable bonds is 8. The standard InChI is InChI=1S/C22H19FN2O4/c1-28-20-11-5-8-16(21(20)29-14-17-6-2-3-10-19(17)23)13-24-25-18-9-4-7-15(12-18)22(26)27/h2-13,25H,14H2,1H3,(H,26,27). The fourth-order valence-electron chi connectivity index (χ4n) is 2.61. The van der Waals surface area contributed by atoms with Crippen LogP contribution in [-0.2, 0) is 6.61 Å². The third-order valence-corrected chi connectivity index (χ3v) is 4.07. The summed E-state index contributed by atoms with van der Waals surface area (Å²) in [7, 11) is 1.52. The molecule has 0 spiro atoms. The molecule has 3 rings (SSSR count). The van der Waals surface area contributed by atoms with Crippen LogP contribution < -0.4 is 14.9 Å². The molecule has 6 nitrogen and oxygen atoms in total. The van der Waals surface area contributed by atoms with Gasteiger partial charge < -0.3 is 14.6 Å². The molecule has 0 amide bonds. The number of methoxy groups -OCH3 is 1. The zero-order valence-corrected chi connectivity index (χ0v) is 15.6. The van der Waals surface area contributed by atoms with E-state index in [-0.39, 0.29) is 18.0 Å². The lowest BCUT2D eigenvalue weighted by Gasteiger charge is -2.13. The average molecular weight is 394 g/mol. The van der Waals surface area contributed by atoms with Gasteiger partial charge >= 0.3 is 5.97 Å². The zero-order chi connectivity index (χ0) is 20.6. The van der Waals surface area contributed by atoms with E-state index in [1.807, 2.05) is 0 Å². The molecule has 0 aliphatic rings. The molecule has 148 valence electrons. The van der Waals surface area contributed by atoms with E-state index in [0.717, 1.165) is 0 Å². The predicted octanol–water partition coefficient (Wildman–Crippen LogP) is 4.56. The van der Waals surface area contributed by atoms with E-state index in [9.17, 15) is 9.18 Å². The van der Waals surface area contributed by atoms with Crippen molar-refractivity contribution >= 4 is 17.9 Å². The minimum atomic E-state index is -1.02. The van der Waals surface area contributed by atoms with Crippen LogP contribution in [0.3, 0.4) is 0 Å². The van der Waals surface area contributed by atoms with Gasteiger partial charge in [0.25, 0.3) is 0 Å². The van der Waals surface area contributed by atoms with E-state index in [0.29, 0.717) is 28.3 Å². The van der Waals surface area contributed by atoms with Gasteiger partial charge in [-0.25, -0.2) is 9.18 Å². The van der Waals surface area contributed by atoms with Gasteiger partial charge in [-0.1, -0.05) is 30.3 Å². The molecule has 0 saturated carbocycles. The zero-order valence-electron chi connectivity index (χ0n) is 15.6. The number of para-hydroxylation sites is 1. The second kappa shape index (κ2) is 9.36. The first-order valence-corrected chi connectivity index (χ1v) is 8.74. The third kappa shape index (κ3) is 5.10. The summed E-state index contributed by atoms with van der Waals surface area (Å²) in [5, 5.41) is 13.2. The Morgan fingerprint density at radius 3 is 2.69 bits per heavy atom. The van der Waals surface area contributed by atoms with E-state index in [1.54, 1.807) is 48.5 Å². The number of carboxylic acid groups (broad SMARTS) is 1. The molecule has 2 N–H and O–H groups in total. The largest absolute Gasteiger partial charge is 0.493 e. The number of nitrogens with zero attached hydrogens (tertiary/aromatic N) is 1. The van der Waals surface area contributed by atoms with Gasteiger partial charge in [-0.05, 0) is 36.4 Å². The molecule has 29 heavy (non-hydrogen) atoms. The van der Waals surface area contributed by atoms with Crippen LogP contribution in [0.1, 0.15) is 21.5 Å². The van der Waals surface area contributed by atoms with E-state index < -0.39 is 5.97 Å². The second-order valence-electron chi connectivity index (χ2n) is 6.01. The van der Waals surface area contributed by atoms with Gasteiger partial charge in [-0.2, -0.15) is 5.10 Å². The Kier molecular flexibility index (Phi) is 6.42. The lowest BCUT2D eigenvalue weighted by Crippen LogP contribution is -2.03. The number of ether oxygens (including phenoxy) is 2. The van der Waals surface area contributed by atoms with Gasteiger partial charge in [0.05, 0.1) is 24.6 Å². The highest BCUT2D eigenvalue weighted by molar-refractivity contribution is 5.89. The summed E-state index contributed by atoms with van der Waals surface area (Å²) in [6, 6.07) is 18.0. The Morgan fingerprint density at radius 2 is 1.93 bits per heavy atom. The molecule has 0 aromatic heterocycles. The Balaban J connectivity index is 1.78. The van der Waals surface area contributed by atoms with Crippen molar-refractivity contribution in [2.75, 3.05) is 12.5 Å². The van der Waals surface area contributed by atoms with Gasteiger partial charge in [-0.3, -0.25) is 5.43 Å². The first kappa shape index (κ1) is 19.9. The average Bonchev–Trinajstić information content (AvgIpc) is 2.73.